The fraction of sp³-hybridized carbons (Fsp3) is 1.00. The van der Waals surface area contributed by atoms with Gasteiger partial charge in [-0.15, -0.1) is 0 Å². The van der Waals surface area contributed by atoms with E-state index >= 15 is 0 Å². The average Bonchev–Trinajstić information content (AvgIpc) is 1.61. The Morgan fingerprint density at radius 2 is 2.00 bits per heavy atom. The van der Waals surface area contributed by atoms with Gasteiger partial charge in [-0.05, 0) is 0 Å². The van der Waals surface area contributed by atoms with Crippen LogP contribution in [0.1, 0.15) is 12.8 Å². The molecule has 0 fully saturated rings. The quantitative estimate of drug-likeness (QED) is 0.442. The number of nitrogens with two attached hydrogens (primary N) is 1. The molecule has 0 rings (SSSR count). The topological polar surface area (TPSA) is 26.0 Å². The Morgan fingerprint density at radius 3 is 2.17 bits per heavy atom. The molecule has 0 spiro atoms. The fourth-order valence-electron chi connectivity index (χ4n) is 0.223. The van der Waals surface area contributed by atoms with Gasteiger partial charge in [0.15, 0.2) is 0 Å². The molecule has 0 unspecified atom stereocenters. The van der Waals surface area contributed by atoms with Gasteiger partial charge in [0.1, 0.15) is 0 Å². The third-order valence-electron chi connectivity index (χ3n) is 0.566. The second kappa shape index (κ2) is 5.45. The summed E-state index contributed by atoms with van der Waals surface area (Å²) in [6.07, 6.45) is 2.22. The van der Waals surface area contributed by atoms with E-state index < -0.39 is 0 Å². The fourth-order valence-corrected chi connectivity index (χ4v) is 0.470. The number of hydrogen-bond acceptors (Lipinski definition) is 1. The van der Waals surface area contributed by atoms with E-state index in [4.69, 9.17) is 5.73 Å². The summed E-state index contributed by atoms with van der Waals surface area (Å²) in [5.74, 6) is 0. The van der Waals surface area contributed by atoms with Crippen molar-refractivity contribution >= 4 is 0 Å². The van der Waals surface area contributed by atoms with Crippen LogP contribution < -0.4 is 5.73 Å². The Kier molecular flexibility index (Phi) is 5.87. The van der Waals surface area contributed by atoms with Crippen molar-refractivity contribution in [1.29, 1.82) is 0 Å². The van der Waals surface area contributed by atoms with E-state index in [1.54, 1.807) is 0 Å². The van der Waals surface area contributed by atoms with E-state index in [9.17, 15) is 0 Å². The first-order valence-electron chi connectivity index (χ1n) is 2.13. The Morgan fingerprint density at radius 1 is 1.33 bits per heavy atom. The molecule has 0 aromatic carbocycles. The van der Waals surface area contributed by atoms with E-state index in [1.807, 2.05) is 0 Å². The van der Waals surface area contributed by atoms with Gasteiger partial charge in [-0.3, -0.25) is 0 Å². The normalized spacial score (nSPS) is 9.17. The zero-order valence-electron chi connectivity index (χ0n) is 3.72. The van der Waals surface area contributed by atoms with Crippen molar-refractivity contribution in [3.8, 4) is 0 Å². The zero-order chi connectivity index (χ0) is 4.83. The van der Waals surface area contributed by atoms with Gasteiger partial charge in [-0.2, -0.15) is 0 Å². The second-order valence-corrected chi connectivity index (χ2v) is 1.65. The molecule has 0 saturated heterocycles. The van der Waals surface area contributed by atoms with Gasteiger partial charge in [-0.25, -0.2) is 0 Å². The van der Waals surface area contributed by atoms with Crippen LogP contribution >= 0.6 is 0 Å². The first kappa shape index (κ1) is 6.45. The summed E-state index contributed by atoms with van der Waals surface area (Å²) in [7, 11) is 0. The number of rotatable bonds is 3. The van der Waals surface area contributed by atoms with E-state index in [1.165, 1.54) is 0 Å². The third-order valence-corrected chi connectivity index (χ3v) is 0.915. The molecule has 0 bridgehead atoms. The van der Waals surface area contributed by atoms with Crippen molar-refractivity contribution in [3.63, 3.8) is 0 Å². The van der Waals surface area contributed by atoms with E-state index in [-0.39, 0.29) is 0 Å². The summed E-state index contributed by atoms with van der Waals surface area (Å²) < 4.78 is 0. The van der Waals surface area contributed by atoms with Crippen LogP contribution in [-0.4, -0.2) is 6.54 Å². The van der Waals surface area contributed by atoms with Gasteiger partial charge in [-0.1, -0.05) is 0 Å². The Balaban J connectivity index is 2.34. The van der Waals surface area contributed by atoms with Crippen molar-refractivity contribution in [2.45, 2.75) is 18.2 Å². The summed E-state index contributed by atoms with van der Waals surface area (Å²) in [5.41, 5.74) is 5.17. The maximum atomic E-state index is 5.17. The minimum absolute atomic E-state index is 0.795. The van der Waals surface area contributed by atoms with Crippen LogP contribution in [0.3, 0.4) is 0 Å². The summed E-state index contributed by atoms with van der Waals surface area (Å²) in [4.78, 5) is 0. The molecule has 0 aliphatic rings. The molecule has 0 heterocycles. The van der Waals surface area contributed by atoms with Crippen molar-refractivity contribution in [3.05, 3.63) is 0 Å². The van der Waals surface area contributed by atoms with Crippen LogP contribution in [0.2, 0.25) is 5.39 Å². The van der Waals surface area contributed by atoms with Gasteiger partial charge in [0.05, 0.1) is 0 Å². The molecule has 6 heavy (non-hydrogen) atoms. The maximum absolute atomic E-state index is 5.17. The van der Waals surface area contributed by atoms with Gasteiger partial charge in [0.25, 0.3) is 0 Å². The molecule has 0 aliphatic carbocycles. The van der Waals surface area contributed by atoms with E-state index in [0.717, 1.165) is 24.8 Å². The second-order valence-electron chi connectivity index (χ2n) is 1.15. The molecular formula is C4H10NNi. The van der Waals surface area contributed by atoms with Gasteiger partial charge < -0.3 is 0 Å². The van der Waals surface area contributed by atoms with Crippen LogP contribution in [-0.2, 0) is 15.5 Å². The van der Waals surface area contributed by atoms with Gasteiger partial charge in [0.2, 0.25) is 0 Å². The van der Waals surface area contributed by atoms with E-state index in [2.05, 4.69) is 15.5 Å². The Labute approximate surface area is 46.7 Å². The number of unbranched alkanes of at least 4 members (excludes halogenated alkanes) is 1. The van der Waals surface area contributed by atoms with E-state index in [0.29, 0.717) is 0 Å². The predicted octanol–water partition coefficient (Wildman–Crippen LogP) is 0.690. The summed E-state index contributed by atoms with van der Waals surface area (Å²) in [6.45, 7) is 0.795. The van der Waals surface area contributed by atoms with Crippen molar-refractivity contribution in [1.82, 2.24) is 0 Å². The minimum atomic E-state index is 0.795. The Hall–Kier alpha value is 0.454. The molecule has 0 amide bonds. The molecule has 0 aromatic rings. The van der Waals surface area contributed by atoms with Crippen LogP contribution in [0.25, 0.3) is 0 Å². The molecule has 1 nitrogen and oxygen atoms in total. The third kappa shape index (κ3) is 4.45. The summed E-state index contributed by atoms with van der Waals surface area (Å²) in [6, 6.07) is 0. The zero-order valence-corrected chi connectivity index (χ0v) is 4.71. The van der Waals surface area contributed by atoms with Crippen molar-refractivity contribution in [2.75, 3.05) is 6.54 Å². The SMILES string of the molecule is NCCC[CH2][Ni]. The van der Waals surface area contributed by atoms with Gasteiger partial charge in [0, 0.05) is 0 Å². The molecule has 41 valence electrons. The Bertz CT molecular complexity index is 19.5. The van der Waals surface area contributed by atoms with Crippen LogP contribution in [0, 0.1) is 0 Å². The first-order valence-corrected chi connectivity index (χ1v) is 2.83. The average molecular weight is 131 g/mol. The molecule has 0 saturated carbocycles. The van der Waals surface area contributed by atoms with Gasteiger partial charge >= 0.3 is 46.0 Å². The monoisotopic (exact) mass is 130 g/mol. The standard InChI is InChI=1S/C4H10N.Ni/c1-2-3-4-5;/h1-5H2;. The molecule has 0 aromatic heterocycles. The predicted molar refractivity (Wildman–Crippen MR) is 23.1 cm³/mol. The molecule has 0 radical (unpaired) electrons. The molecule has 0 atom stereocenters. The van der Waals surface area contributed by atoms with Crippen LogP contribution in [0.4, 0.5) is 0 Å². The summed E-state index contributed by atoms with van der Waals surface area (Å²) in [5, 5.41) is 0.900. The summed E-state index contributed by atoms with van der Waals surface area (Å²) >= 11 is 4.41. The molecule has 2 heteroatoms. The molecule has 0 aliphatic heterocycles. The van der Waals surface area contributed by atoms with Crippen LogP contribution in [0.15, 0.2) is 0 Å². The molecular weight excluding hydrogens is 121 g/mol. The van der Waals surface area contributed by atoms with Crippen molar-refractivity contribution in [2.24, 2.45) is 5.73 Å². The first-order chi connectivity index (χ1) is 2.91. The number of hydrogen-bond donors (Lipinski definition) is 1. The molecule has 2 N–H and O–H groups in total. The van der Waals surface area contributed by atoms with Crippen molar-refractivity contribution < 1.29 is 15.5 Å². The van der Waals surface area contributed by atoms with Crippen LogP contribution in [0.5, 0.6) is 0 Å².